The Kier molecular flexibility index (Phi) is 3.10. The van der Waals surface area contributed by atoms with Gasteiger partial charge < -0.3 is 5.11 Å². The zero-order chi connectivity index (χ0) is 15.2. The minimum absolute atomic E-state index is 0.263. The molecule has 108 valence electrons. The van der Waals surface area contributed by atoms with Crippen LogP contribution in [-0.4, -0.2) is 20.5 Å². The molecule has 0 fully saturated rings. The van der Waals surface area contributed by atoms with Crippen LogP contribution in [0.5, 0.6) is 0 Å². The van der Waals surface area contributed by atoms with Crippen LogP contribution in [0.25, 0.3) is 16.2 Å². The lowest BCUT2D eigenvalue weighted by Gasteiger charge is -2.18. The summed E-state index contributed by atoms with van der Waals surface area (Å²) in [7, 11) is 0. The molecule has 0 saturated heterocycles. The number of carbonyl (C=O) groups is 1. The van der Waals surface area contributed by atoms with E-state index < -0.39 is 5.97 Å². The summed E-state index contributed by atoms with van der Waals surface area (Å²) < 4.78 is 1.91. The highest BCUT2D eigenvalue weighted by molar-refractivity contribution is 7.19. The van der Waals surface area contributed by atoms with Crippen molar-refractivity contribution in [3.63, 3.8) is 0 Å². The summed E-state index contributed by atoms with van der Waals surface area (Å²) in [6.07, 6.45) is 1.92. The molecule has 0 aliphatic carbocycles. The van der Waals surface area contributed by atoms with Gasteiger partial charge in [-0.2, -0.15) is 0 Å². The molecule has 3 aromatic rings. The van der Waals surface area contributed by atoms with Crippen molar-refractivity contribution in [3.8, 4) is 11.3 Å². The highest BCUT2D eigenvalue weighted by Crippen LogP contribution is 2.34. The Hall–Kier alpha value is -2.14. The van der Waals surface area contributed by atoms with Crippen molar-refractivity contribution in [2.75, 3.05) is 0 Å². The Morgan fingerprint density at radius 3 is 2.48 bits per heavy atom. The van der Waals surface area contributed by atoms with Crippen LogP contribution in [0.4, 0.5) is 0 Å². The molecule has 0 aliphatic heterocycles. The van der Waals surface area contributed by atoms with Gasteiger partial charge >= 0.3 is 5.97 Å². The third kappa shape index (κ3) is 2.34. The zero-order valence-corrected chi connectivity index (χ0v) is 12.9. The largest absolute Gasteiger partial charge is 0.477 e. The van der Waals surface area contributed by atoms with Gasteiger partial charge in [0.05, 0.1) is 11.4 Å². The van der Waals surface area contributed by atoms with Crippen LogP contribution in [-0.2, 0) is 5.41 Å². The van der Waals surface area contributed by atoms with Crippen LogP contribution in [0.2, 0.25) is 0 Å². The number of carboxylic acid groups (broad SMARTS) is 1. The molecule has 0 spiro atoms. The molecule has 0 atom stereocenters. The summed E-state index contributed by atoms with van der Waals surface area (Å²) in [6.45, 7) is 6.05. The number of benzene rings is 1. The Labute approximate surface area is 126 Å². The number of imidazole rings is 1. The molecule has 3 rings (SSSR count). The smallest absolute Gasteiger partial charge is 0.347 e. The molecule has 0 amide bonds. The second kappa shape index (κ2) is 4.70. The van der Waals surface area contributed by atoms with E-state index in [-0.39, 0.29) is 5.41 Å². The van der Waals surface area contributed by atoms with E-state index in [0.29, 0.717) is 4.88 Å². The number of nitrogens with zero attached hydrogens (tertiary/aromatic N) is 2. The summed E-state index contributed by atoms with van der Waals surface area (Å²) >= 11 is 1.23. The molecule has 2 aromatic heterocycles. The number of fused-ring (bicyclic) bond motifs is 1. The van der Waals surface area contributed by atoms with Gasteiger partial charge in [0.25, 0.3) is 0 Å². The van der Waals surface area contributed by atoms with E-state index in [1.165, 1.54) is 11.3 Å². The number of rotatable bonds is 2. The zero-order valence-electron chi connectivity index (χ0n) is 12.1. The average Bonchev–Trinajstić information content (AvgIpc) is 2.95. The van der Waals surface area contributed by atoms with E-state index in [1.54, 1.807) is 0 Å². The minimum atomic E-state index is -0.892. The predicted molar refractivity (Wildman–Crippen MR) is 84.2 cm³/mol. The van der Waals surface area contributed by atoms with E-state index in [2.05, 4.69) is 4.98 Å². The first kappa shape index (κ1) is 13.8. The quantitative estimate of drug-likeness (QED) is 0.776. The number of carboxylic acids is 1. The van der Waals surface area contributed by atoms with Crippen molar-refractivity contribution >= 4 is 22.3 Å². The van der Waals surface area contributed by atoms with Crippen molar-refractivity contribution in [3.05, 3.63) is 47.1 Å². The van der Waals surface area contributed by atoms with Crippen LogP contribution in [0.15, 0.2) is 36.5 Å². The molecule has 0 saturated carbocycles. The molecule has 5 heteroatoms. The Balaban J connectivity index is 2.24. The number of hydrogen-bond donors (Lipinski definition) is 1. The lowest BCUT2D eigenvalue weighted by molar-refractivity contribution is 0.0699. The van der Waals surface area contributed by atoms with Crippen LogP contribution < -0.4 is 0 Å². The summed E-state index contributed by atoms with van der Waals surface area (Å²) in [6, 6.07) is 9.90. The molecular weight excluding hydrogens is 284 g/mol. The maximum Gasteiger partial charge on any atom is 0.347 e. The highest BCUT2D eigenvalue weighted by Gasteiger charge is 2.28. The highest BCUT2D eigenvalue weighted by atomic mass is 32.1. The van der Waals surface area contributed by atoms with Crippen LogP contribution in [0.1, 0.15) is 36.1 Å². The van der Waals surface area contributed by atoms with Crippen molar-refractivity contribution < 1.29 is 9.90 Å². The monoisotopic (exact) mass is 300 g/mol. The van der Waals surface area contributed by atoms with Crippen LogP contribution in [0.3, 0.4) is 0 Å². The van der Waals surface area contributed by atoms with Gasteiger partial charge in [0.1, 0.15) is 4.88 Å². The van der Waals surface area contributed by atoms with Gasteiger partial charge in [-0.15, -0.1) is 0 Å². The average molecular weight is 300 g/mol. The minimum Gasteiger partial charge on any atom is -0.477 e. The first-order chi connectivity index (χ1) is 9.88. The van der Waals surface area contributed by atoms with Gasteiger partial charge in [-0.3, -0.25) is 4.40 Å². The first-order valence-corrected chi connectivity index (χ1v) is 7.50. The standard InChI is InChI=1S/C16H16N2O2S/c1-16(2,3)13-12(14(19)20)21-15-17-11(9-18(13)15)10-7-5-4-6-8-10/h4-9H,1-3H3,(H,19,20). The number of aromatic carboxylic acids is 1. The summed E-state index contributed by atoms with van der Waals surface area (Å²) in [4.78, 5) is 17.1. The molecule has 21 heavy (non-hydrogen) atoms. The van der Waals surface area contributed by atoms with E-state index in [0.717, 1.165) is 21.9 Å². The normalized spacial score (nSPS) is 12.0. The van der Waals surface area contributed by atoms with E-state index in [4.69, 9.17) is 0 Å². The van der Waals surface area contributed by atoms with E-state index in [1.807, 2.05) is 61.7 Å². The topological polar surface area (TPSA) is 54.6 Å². The third-order valence-corrected chi connectivity index (χ3v) is 4.34. The molecule has 1 aromatic carbocycles. The second-order valence-electron chi connectivity index (χ2n) is 5.98. The molecule has 2 heterocycles. The lowest BCUT2D eigenvalue weighted by Crippen LogP contribution is -2.17. The fourth-order valence-electron chi connectivity index (χ4n) is 2.44. The lowest BCUT2D eigenvalue weighted by atomic mass is 9.91. The molecule has 0 radical (unpaired) electrons. The maximum absolute atomic E-state index is 11.5. The van der Waals surface area contributed by atoms with Crippen LogP contribution >= 0.6 is 11.3 Å². The van der Waals surface area contributed by atoms with Gasteiger partial charge in [0, 0.05) is 17.2 Å². The maximum atomic E-state index is 11.5. The van der Waals surface area contributed by atoms with E-state index in [9.17, 15) is 9.90 Å². The molecule has 0 unspecified atom stereocenters. The Morgan fingerprint density at radius 2 is 1.90 bits per heavy atom. The van der Waals surface area contributed by atoms with Crippen molar-refractivity contribution in [1.29, 1.82) is 0 Å². The van der Waals surface area contributed by atoms with Gasteiger partial charge in [-0.1, -0.05) is 62.4 Å². The van der Waals surface area contributed by atoms with Gasteiger partial charge in [-0.25, -0.2) is 9.78 Å². The van der Waals surface area contributed by atoms with Crippen molar-refractivity contribution in [1.82, 2.24) is 9.38 Å². The van der Waals surface area contributed by atoms with E-state index >= 15 is 0 Å². The predicted octanol–water partition coefficient (Wildman–Crippen LogP) is 4.06. The summed E-state index contributed by atoms with van der Waals surface area (Å²) in [5.41, 5.74) is 2.43. The van der Waals surface area contributed by atoms with Gasteiger partial charge in [-0.05, 0) is 0 Å². The molecular formula is C16H16N2O2S. The van der Waals surface area contributed by atoms with Gasteiger partial charge in [0.2, 0.25) is 0 Å². The molecule has 0 aliphatic rings. The van der Waals surface area contributed by atoms with Crippen LogP contribution in [0, 0.1) is 0 Å². The summed E-state index contributed by atoms with van der Waals surface area (Å²) in [5.74, 6) is -0.892. The first-order valence-electron chi connectivity index (χ1n) is 6.69. The summed E-state index contributed by atoms with van der Waals surface area (Å²) in [5, 5.41) is 9.40. The third-order valence-electron chi connectivity index (χ3n) is 3.30. The second-order valence-corrected chi connectivity index (χ2v) is 6.96. The Morgan fingerprint density at radius 1 is 1.24 bits per heavy atom. The fraction of sp³-hybridized carbons (Fsp3) is 0.250. The molecule has 1 N–H and O–H groups in total. The number of aromatic nitrogens is 2. The number of hydrogen-bond acceptors (Lipinski definition) is 3. The molecule has 0 bridgehead atoms. The number of thiazole rings is 1. The Bertz CT molecular complexity index is 810. The van der Waals surface area contributed by atoms with Crippen molar-refractivity contribution in [2.45, 2.75) is 26.2 Å². The van der Waals surface area contributed by atoms with Gasteiger partial charge in [0.15, 0.2) is 4.96 Å². The molecule has 4 nitrogen and oxygen atoms in total. The van der Waals surface area contributed by atoms with Crippen molar-refractivity contribution in [2.24, 2.45) is 0 Å². The SMILES string of the molecule is CC(C)(C)c1c(C(=O)O)sc2nc(-c3ccccc3)cn12. The fourth-order valence-corrected chi connectivity index (χ4v) is 3.60.